The quantitative estimate of drug-likeness (QED) is 0.123. The Morgan fingerprint density at radius 1 is 0.600 bits per heavy atom. The van der Waals surface area contributed by atoms with Gasteiger partial charge >= 0.3 is 8.60 Å². The predicted molar refractivity (Wildman–Crippen MR) is 172 cm³/mol. The third-order valence-corrected chi connectivity index (χ3v) is 9.67. The average molecular weight is 569 g/mol. The molecule has 0 unspecified atom stereocenters. The molecule has 1 aliphatic carbocycles. The molecule has 0 aliphatic heterocycles. The van der Waals surface area contributed by atoms with E-state index >= 15 is 0 Å². The number of rotatable bonds is 20. The molecule has 0 saturated heterocycles. The maximum atomic E-state index is 9.41. The van der Waals surface area contributed by atoms with E-state index < -0.39 is 8.60 Å². The summed E-state index contributed by atoms with van der Waals surface area (Å²) in [5.41, 5.74) is 5.64. The highest BCUT2D eigenvalue weighted by molar-refractivity contribution is 7.39. The lowest BCUT2D eigenvalue weighted by Crippen LogP contribution is -2.35. The summed E-state index contributed by atoms with van der Waals surface area (Å²) < 4.78 is 5.44. The molecule has 0 aromatic heterocycles. The molecule has 2 aromatic rings. The summed E-state index contributed by atoms with van der Waals surface area (Å²) >= 11 is 0. The van der Waals surface area contributed by atoms with Crippen LogP contribution in [0.1, 0.15) is 152 Å². The highest BCUT2D eigenvalue weighted by Crippen LogP contribution is 2.47. The molecule has 2 N–H and O–H groups in total. The minimum atomic E-state index is -2.30. The van der Waals surface area contributed by atoms with Crippen LogP contribution in [0.3, 0.4) is 0 Å². The Hall–Kier alpha value is -1.25. The van der Waals surface area contributed by atoms with Crippen molar-refractivity contribution in [2.75, 3.05) is 0 Å². The van der Waals surface area contributed by atoms with Crippen molar-refractivity contribution >= 4 is 8.60 Å². The molecule has 3 nitrogen and oxygen atoms in total. The highest BCUT2D eigenvalue weighted by Gasteiger charge is 2.39. The second-order valence-corrected chi connectivity index (χ2v) is 13.0. The lowest BCUT2D eigenvalue weighted by atomic mass is 9.64. The number of aryl methyl sites for hydroxylation is 2. The molecular formula is C36H57O3P. The van der Waals surface area contributed by atoms with Gasteiger partial charge in [-0.05, 0) is 73.6 Å². The van der Waals surface area contributed by atoms with E-state index in [0.29, 0.717) is 0 Å². The van der Waals surface area contributed by atoms with Gasteiger partial charge in [-0.25, -0.2) is 0 Å². The Kier molecular flexibility index (Phi) is 15.8. The summed E-state index contributed by atoms with van der Waals surface area (Å²) in [6.45, 7) is 4.56. The SMILES string of the molecule is CCCCCCCCCc1ccc(C2(c3ccc(CCCCCCCCC)cc3)CCC(OP(O)O)CC2)cc1. The van der Waals surface area contributed by atoms with Gasteiger partial charge in [-0.15, -0.1) is 0 Å². The number of benzene rings is 2. The molecule has 1 saturated carbocycles. The first kappa shape index (κ1) is 33.3. The first-order valence-electron chi connectivity index (χ1n) is 16.6. The van der Waals surface area contributed by atoms with E-state index in [-0.39, 0.29) is 11.5 Å². The Morgan fingerprint density at radius 2 is 0.975 bits per heavy atom. The van der Waals surface area contributed by atoms with Crippen molar-refractivity contribution in [1.82, 2.24) is 0 Å². The predicted octanol–water partition coefficient (Wildman–Crippen LogP) is 10.7. The van der Waals surface area contributed by atoms with Crippen LogP contribution < -0.4 is 0 Å². The van der Waals surface area contributed by atoms with Crippen molar-refractivity contribution < 1.29 is 14.3 Å². The van der Waals surface area contributed by atoms with Crippen LogP contribution in [0.4, 0.5) is 0 Å². The third-order valence-electron chi connectivity index (χ3n) is 9.18. The Morgan fingerprint density at radius 3 is 1.35 bits per heavy atom. The second kappa shape index (κ2) is 19.0. The molecule has 0 bridgehead atoms. The van der Waals surface area contributed by atoms with E-state index in [0.717, 1.165) is 25.7 Å². The average Bonchev–Trinajstić information content (AvgIpc) is 2.97. The first-order chi connectivity index (χ1) is 19.6. The summed E-state index contributed by atoms with van der Waals surface area (Å²) in [7, 11) is -2.30. The molecule has 224 valence electrons. The van der Waals surface area contributed by atoms with Gasteiger partial charge in [0.25, 0.3) is 0 Å². The number of unbranched alkanes of at least 4 members (excludes halogenated alkanes) is 12. The lowest BCUT2D eigenvalue weighted by Gasteiger charge is -2.41. The molecule has 0 spiro atoms. The molecule has 3 rings (SSSR count). The monoisotopic (exact) mass is 568 g/mol. The molecule has 0 amide bonds. The van der Waals surface area contributed by atoms with E-state index in [4.69, 9.17) is 4.52 Å². The summed E-state index contributed by atoms with van der Waals surface area (Å²) in [5, 5.41) is 0. The van der Waals surface area contributed by atoms with Crippen LogP contribution in [0.15, 0.2) is 48.5 Å². The van der Waals surface area contributed by atoms with Crippen LogP contribution in [0, 0.1) is 0 Å². The molecule has 1 fully saturated rings. The molecule has 0 radical (unpaired) electrons. The molecular weight excluding hydrogens is 511 g/mol. The Balaban J connectivity index is 1.61. The van der Waals surface area contributed by atoms with Gasteiger partial charge in [0.05, 0.1) is 6.10 Å². The van der Waals surface area contributed by atoms with Gasteiger partial charge in [0, 0.05) is 5.41 Å². The van der Waals surface area contributed by atoms with Crippen LogP contribution in [0.5, 0.6) is 0 Å². The molecule has 0 heterocycles. The lowest BCUT2D eigenvalue weighted by molar-refractivity contribution is 0.111. The van der Waals surface area contributed by atoms with Crippen LogP contribution in [-0.2, 0) is 22.8 Å². The standard InChI is InChI=1S/C36H57O3P/c1-3-5-7-9-11-13-15-17-31-19-23-33(24-20-31)36(29-27-35(28-30-36)39-40(37)38)34-25-21-32(22-26-34)18-16-14-12-10-8-6-4-2/h19-26,35,37-38H,3-18,27-30H2,1-2H3. The van der Waals surface area contributed by atoms with Crippen molar-refractivity contribution in [3.05, 3.63) is 70.8 Å². The van der Waals surface area contributed by atoms with Crippen LogP contribution >= 0.6 is 8.60 Å². The van der Waals surface area contributed by atoms with Crippen molar-refractivity contribution in [1.29, 1.82) is 0 Å². The van der Waals surface area contributed by atoms with Gasteiger partial charge in [0.15, 0.2) is 0 Å². The van der Waals surface area contributed by atoms with Gasteiger partial charge in [-0.1, -0.05) is 139 Å². The van der Waals surface area contributed by atoms with Gasteiger partial charge in [-0.3, -0.25) is 0 Å². The summed E-state index contributed by atoms with van der Waals surface area (Å²) in [4.78, 5) is 18.8. The Bertz CT molecular complexity index is 837. The van der Waals surface area contributed by atoms with E-state index in [1.54, 1.807) is 0 Å². The summed E-state index contributed by atoms with van der Waals surface area (Å²) in [6.07, 6.45) is 24.8. The topological polar surface area (TPSA) is 49.7 Å². The van der Waals surface area contributed by atoms with Crippen LogP contribution in [-0.4, -0.2) is 15.9 Å². The minimum absolute atomic E-state index is 0.0385. The number of hydrogen-bond donors (Lipinski definition) is 2. The van der Waals surface area contributed by atoms with Crippen molar-refractivity contribution in [2.45, 2.75) is 154 Å². The zero-order valence-corrected chi connectivity index (χ0v) is 26.5. The number of hydrogen-bond acceptors (Lipinski definition) is 3. The summed E-state index contributed by atoms with van der Waals surface area (Å²) in [6, 6.07) is 18.9. The van der Waals surface area contributed by atoms with Crippen molar-refractivity contribution in [3.8, 4) is 0 Å². The van der Waals surface area contributed by atoms with Crippen LogP contribution in [0.2, 0.25) is 0 Å². The van der Waals surface area contributed by atoms with E-state index in [1.165, 1.54) is 125 Å². The smallest absolute Gasteiger partial charge is 0.327 e. The highest BCUT2D eigenvalue weighted by atomic mass is 31.2. The maximum Gasteiger partial charge on any atom is 0.327 e. The van der Waals surface area contributed by atoms with Crippen molar-refractivity contribution in [2.24, 2.45) is 0 Å². The van der Waals surface area contributed by atoms with Crippen molar-refractivity contribution in [3.63, 3.8) is 0 Å². The summed E-state index contributed by atoms with van der Waals surface area (Å²) in [5.74, 6) is 0. The van der Waals surface area contributed by atoms with Gasteiger partial charge in [-0.2, -0.15) is 0 Å². The molecule has 40 heavy (non-hydrogen) atoms. The first-order valence-corrected chi connectivity index (χ1v) is 17.8. The van der Waals surface area contributed by atoms with Crippen LogP contribution in [0.25, 0.3) is 0 Å². The second-order valence-electron chi connectivity index (χ2n) is 12.3. The Labute approximate surface area is 247 Å². The molecule has 1 aliphatic rings. The zero-order valence-electron chi connectivity index (χ0n) is 25.6. The van der Waals surface area contributed by atoms with E-state index in [1.807, 2.05) is 0 Å². The molecule has 0 atom stereocenters. The zero-order chi connectivity index (χ0) is 28.5. The fraction of sp³-hybridized carbons (Fsp3) is 0.667. The fourth-order valence-corrected chi connectivity index (χ4v) is 7.10. The molecule has 4 heteroatoms. The third kappa shape index (κ3) is 11.2. The molecule has 2 aromatic carbocycles. The van der Waals surface area contributed by atoms with E-state index in [9.17, 15) is 9.79 Å². The maximum absolute atomic E-state index is 9.41. The minimum Gasteiger partial charge on any atom is -0.328 e. The van der Waals surface area contributed by atoms with E-state index in [2.05, 4.69) is 62.4 Å². The fourth-order valence-electron chi connectivity index (χ4n) is 6.62. The van der Waals surface area contributed by atoms with Gasteiger partial charge in [0.1, 0.15) is 0 Å². The normalized spacial score (nSPS) is 15.6. The largest absolute Gasteiger partial charge is 0.328 e. The van der Waals surface area contributed by atoms with Gasteiger partial charge < -0.3 is 14.3 Å². The van der Waals surface area contributed by atoms with Gasteiger partial charge in [0.2, 0.25) is 0 Å².